The lowest BCUT2D eigenvalue weighted by Crippen LogP contribution is -2.11. The Hall–Kier alpha value is -1.45. The van der Waals surface area contributed by atoms with Gasteiger partial charge in [0.1, 0.15) is 5.75 Å². The molecule has 0 radical (unpaired) electrons. The monoisotopic (exact) mass is 214 g/mol. The highest BCUT2D eigenvalue weighted by atomic mass is 19.3. The summed E-state index contributed by atoms with van der Waals surface area (Å²) in [5, 5.41) is 0. The van der Waals surface area contributed by atoms with Crippen molar-refractivity contribution in [1.29, 1.82) is 0 Å². The number of ketones is 1. The van der Waals surface area contributed by atoms with Crippen molar-refractivity contribution in [2.24, 2.45) is 0 Å². The Morgan fingerprint density at radius 2 is 2.00 bits per heavy atom. The molecule has 1 rings (SSSR count). The standard InChI is InChI=1S/C11H12F2O2/c1-7(14)8-5-4-6-9(10(8)15-3)11(2,12)13/h4-6H,1-3H3. The van der Waals surface area contributed by atoms with Gasteiger partial charge in [-0.2, -0.15) is 0 Å². The summed E-state index contributed by atoms with van der Waals surface area (Å²) in [5.41, 5.74) is -0.0887. The van der Waals surface area contributed by atoms with Crippen molar-refractivity contribution in [3.63, 3.8) is 0 Å². The second-order valence-corrected chi connectivity index (χ2v) is 3.33. The van der Waals surface area contributed by atoms with Gasteiger partial charge in [0.2, 0.25) is 0 Å². The summed E-state index contributed by atoms with van der Waals surface area (Å²) in [5.74, 6) is -3.35. The molecule has 1 aromatic carbocycles. The van der Waals surface area contributed by atoms with Crippen molar-refractivity contribution >= 4 is 5.78 Å². The van der Waals surface area contributed by atoms with Crippen molar-refractivity contribution in [3.05, 3.63) is 29.3 Å². The minimum absolute atomic E-state index is 0.0440. The molecule has 82 valence electrons. The van der Waals surface area contributed by atoms with E-state index >= 15 is 0 Å². The van der Waals surface area contributed by atoms with E-state index in [1.807, 2.05) is 0 Å². The van der Waals surface area contributed by atoms with Crippen LogP contribution in [0.2, 0.25) is 0 Å². The van der Waals surface area contributed by atoms with Crippen LogP contribution in [0, 0.1) is 0 Å². The fraction of sp³-hybridized carbons (Fsp3) is 0.364. The third kappa shape index (κ3) is 2.32. The molecule has 0 amide bonds. The first-order chi connectivity index (χ1) is 6.88. The molecule has 0 aliphatic rings. The number of carbonyl (C=O) groups excluding carboxylic acids is 1. The van der Waals surface area contributed by atoms with Gasteiger partial charge in [0.05, 0.1) is 18.2 Å². The molecule has 0 aliphatic heterocycles. The number of benzene rings is 1. The summed E-state index contributed by atoms with van der Waals surface area (Å²) in [4.78, 5) is 11.2. The number of methoxy groups -OCH3 is 1. The van der Waals surface area contributed by atoms with Gasteiger partial charge in [-0.25, -0.2) is 8.78 Å². The fourth-order valence-corrected chi connectivity index (χ4v) is 1.38. The van der Waals surface area contributed by atoms with Crippen LogP contribution in [0.5, 0.6) is 5.75 Å². The Kier molecular flexibility index (Phi) is 3.07. The maximum atomic E-state index is 13.2. The largest absolute Gasteiger partial charge is 0.495 e. The molecule has 0 saturated carbocycles. The summed E-state index contributed by atoms with van der Waals surface area (Å²) >= 11 is 0. The number of carbonyl (C=O) groups is 1. The van der Waals surface area contributed by atoms with Crippen LogP contribution in [-0.4, -0.2) is 12.9 Å². The van der Waals surface area contributed by atoms with E-state index in [4.69, 9.17) is 4.74 Å². The van der Waals surface area contributed by atoms with E-state index in [-0.39, 0.29) is 22.7 Å². The first-order valence-electron chi connectivity index (χ1n) is 4.44. The van der Waals surface area contributed by atoms with Gasteiger partial charge in [-0.3, -0.25) is 4.79 Å². The van der Waals surface area contributed by atoms with E-state index in [9.17, 15) is 13.6 Å². The Bertz CT molecular complexity index is 381. The number of hydrogen-bond acceptors (Lipinski definition) is 2. The van der Waals surface area contributed by atoms with E-state index in [0.29, 0.717) is 0 Å². The van der Waals surface area contributed by atoms with Gasteiger partial charge in [-0.15, -0.1) is 0 Å². The summed E-state index contributed by atoms with van der Waals surface area (Å²) in [6, 6.07) is 4.15. The van der Waals surface area contributed by atoms with Gasteiger partial charge in [-0.05, 0) is 19.1 Å². The van der Waals surface area contributed by atoms with Crippen LogP contribution in [-0.2, 0) is 5.92 Å². The van der Waals surface area contributed by atoms with Crippen molar-refractivity contribution in [1.82, 2.24) is 0 Å². The Labute approximate surface area is 86.9 Å². The number of alkyl halides is 2. The molecule has 0 atom stereocenters. The molecule has 0 aromatic heterocycles. The fourth-order valence-electron chi connectivity index (χ4n) is 1.38. The molecular weight excluding hydrogens is 202 g/mol. The SMILES string of the molecule is COc1c(C(C)=O)cccc1C(C)(F)F. The van der Waals surface area contributed by atoms with Crippen LogP contribution in [0.1, 0.15) is 29.8 Å². The molecule has 0 N–H and O–H groups in total. The molecular formula is C11H12F2O2. The van der Waals surface area contributed by atoms with Gasteiger partial charge >= 0.3 is 0 Å². The van der Waals surface area contributed by atoms with E-state index in [1.165, 1.54) is 32.2 Å². The number of para-hydroxylation sites is 1. The average molecular weight is 214 g/mol. The van der Waals surface area contributed by atoms with Crippen LogP contribution in [0.25, 0.3) is 0 Å². The normalized spacial score (nSPS) is 11.3. The summed E-state index contributed by atoms with van der Waals surface area (Å²) in [6.45, 7) is 2.09. The van der Waals surface area contributed by atoms with Crippen molar-refractivity contribution < 1.29 is 18.3 Å². The van der Waals surface area contributed by atoms with E-state index < -0.39 is 5.92 Å². The molecule has 0 saturated heterocycles. The molecule has 2 nitrogen and oxygen atoms in total. The highest BCUT2D eigenvalue weighted by Gasteiger charge is 2.30. The van der Waals surface area contributed by atoms with Gasteiger partial charge in [0.25, 0.3) is 5.92 Å². The van der Waals surface area contributed by atoms with Crippen LogP contribution in [0.3, 0.4) is 0 Å². The Morgan fingerprint density at radius 3 is 2.40 bits per heavy atom. The maximum Gasteiger partial charge on any atom is 0.274 e. The summed E-state index contributed by atoms with van der Waals surface area (Å²) in [6.07, 6.45) is 0. The Morgan fingerprint density at radius 1 is 1.40 bits per heavy atom. The second-order valence-electron chi connectivity index (χ2n) is 3.33. The predicted octanol–water partition coefficient (Wildman–Crippen LogP) is 3.01. The topological polar surface area (TPSA) is 26.3 Å². The first kappa shape index (κ1) is 11.6. The molecule has 0 spiro atoms. The molecule has 0 unspecified atom stereocenters. The second kappa shape index (κ2) is 3.96. The minimum Gasteiger partial charge on any atom is -0.495 e. The lowest BCUT2D eigenvalue weighted by Gasteiger charge is -2.16. The molecule has 15 heavy (non-hydrogen) atoms. The third-order valence-electron chi connectivity index (χ3n) is 2.07. The van der Waals surface area contributed by atoms with Gasteiger partial charge in [0, 0.05) is 6.92 Å². The molecule has 0 bridgehead atoms. The number of Topliss-reactive ketones (excluding diaryl/α,β-unsaturated/α-hetero) is 1. The van der Waals surface area contributed by atoms with Crippen LogP contribution < -0.4 is 4.74 Å². The smallest absolute Gasteiger partial charge is 0.274 e. The highest BCUT2D eigenvalue weighted by Crippen LogP contribution is 2.36. The highest BCUT2D eigenvalue weighted by molar-refractivity contribution is 5.97. The van der Waals surface area contributed by atoms with Gasteiger partial charge in [-0.1, -0.05) is 6.07 Å². The summed E-state index contributed by atoms with van der Waals surface area (Å²) < 4.78 is 31.2. The number of ether oxygens (including phenoxy) is 1. The van der Waals surface area contributed by atoms with E-state index in [1.54, 1.807) is 0 Å². The van der Waals surface area contributed by atoms with Crippen LogP contribution >= 0.6 is 0 Å². The number of halogens is 2. The lowest BCUT2D eigenvalue weighted by molar-refractivity contribution is 0.0150. The van der Waals surface area contributed by atoms with Crippen LogP contribution in [0.4, 0.5) is 8.78 Å². The molecule has 0 aliphatic carbocycles. The quantitative estimate of drug-likeness (QED) is 0.723. The van der Waals surface area contributed by atoms with Crippen LogP contribution in [0.15, 0.2) is 18.2 Å². The van der Waals surface area contributed by atoms with Gasteiger partial charge < -0.3 is 4.74 Å². The average Bonchev–Trinajstić information content (AvgIpc) is 2.15. The number of hydrogen-bond donors (Lipinski definition) is 0. The lowest BCUT2D eigenvalue weighted by atomic mass is 10.0. The number of rotatable bonds is 3. The molecule has 0 fully saturated rings. The molecule has 0 heterocycles. The predicted molar refractivity (Wildman–Crippen MR) is 52.6 cm³/mol. The van der Waals surface area contributed by atoms with E-state index in [2.05, 4.69) is 0 Å². The van der Waals surface area contributed by atoms with Crippen molar-refractivity contribution in [2.75, 3.05) is 7.11 Å². The Balaban J connectivity index is 3.42. The summed E-state index contributed by atoms with van der Waals surface area (Å²) in [7, 11) is 1.27. The first-order valence-corrected chi connectivity index (χ1v) is 4.44. The van der Waals surface area contributed by atoms with Crippen molar-refractivity contribution in [3.8, 4) is 5.75 Å². The molecule has 4 heteroatoms. The zero-order chi connectivity index (χ0) is 11.6. The zero-order valence-electron chi connectivity index (χ0n) is 8.80. The molecule has 1 aromatic rings. The van der Waals surface area contributed by atoms with Crippen molar-refractivity contribution in [2.45, 2.75) is 19.8 Å². The third-order valence-corrected chi connectivity index (χ3v) is 2.07. The van der Waals surface area contributed by atoms with Gasteiger partial charge in [0.15, 0.2) is 5.78 Å². The zero-order valence-corrected chi connectivity index (χ0v) is 8.80. The van der Waals surface area contributed by atoms with E-state index in [0.717, 1.165) is 6.92 Å². The minimum atomic E-state index is -3.02. The maximum absolute atomic E-state index is 13.2.